The number of ether oxygens (including phenoxy) is 1. The number of aryl methyl sites for hydroxylation is 1. The van der Waals surface area contributed by atoms with E-state index < -0.39 is 11.7 Å². The number of carbonyl (C=O) groups is 1. The molecular weight excluding hydrogens is 313 g/mol. The molecule has 0 radical (unpaired) electrons. The van der Waals surface area contributed by atoms with Crippen LogP contribution in [0.4, 0.5) is 4.39 Å². The van der Waals surface area contributed by atoms with Gasteiger partial charge in [-0.2, -0.15) is 0 Å². The van der Waals surface area contributed by atoms with E-state index in [4.69, 9.17) is 4.74 Å². The molecule has 0 bridgehead atoms. The number of halogens is 1. The normalized spacial score (nSPS) is 10.8. The fourth-order valence-electron chi connectivity index (χ4n) is 2.51. The maximum atomic E-state index is 13.7. The van der Waals surface area contributed by atoms with Crippen molar-refractivity contribution in [3.63, 3.8) is 0 Å². The summed E-state index contributed by atoms with van der Waals surface area (Å²) < 4.78 is 18.4. The van der Waals surface area contributed by atoms with Crippen molar-refractivity contribution in [1.82, 2.24) is 25.7 Å². The summed E-state index contributed by atoms with van der Waals surface area (Å²) in [6.07, 6.45) is 2.07. The zero-order valence-electron chi connectivity index (χ0n) is 13.3. The average molecular weight is 329 g/mol. The summed E-state index contributed by atoms with van der Waals surface area (Å²) in [4.78, 5) is 16.0. The van der Waals surface area contributed by atoms with Gasteiger partial charge in [0, 0.05) is 18.3 Å². The van der Waals surface area contributed by atoms with Crippen LogP contribution in [0.3, 0.4) is 0 Å². The number of aromatic nitrogens is 4. The second-order valence-corrected chi connectivity index (χ2v) is 5.16. The Morgan fingerprint density at radius 1 is 1.42 bits per heavy atom. The number of pyridine rings is 1. The summed E-state index contributed by atoms with van der Waals surface area (Å²) >= 11 is 0. The van der Waals surface area contributed by atoms with Gasteiger partial charge in [0.2, 0.25) is 5.88 Å². The molecule has 2 N–H and O–H groups in total. The number of methoxy groups -OCH3 is 1. The molecule has 1 amide bonds. The van der Waals surface area contributed by atoms with Crippen molar-refractivity contribution < 1.29 is 13.9 Å². The third-order valence-electron chi connectivity index (χ3n) is 3.77. The van der Waals surface area contributed by atoms with Crippen LogP contribution in [0, 0.1) is 5.82 Å². The molecule has 3 aromatic rings. The quantitative estimate of drug-likeness (QED) is 0.747. The Labute approximate surface area is 137 Å². The number of nitrogens with one attached hydrogen (secondary N) is 2. The van der Waals surface area contributed by atoms with E-state index in [1.807, 2.05) is 19.1 Å². The van der Waals surface area contributed by atoms with Gasteiger partial charge in [-0.3, -0.25) is 9.89 Å². The van der Waals surface area contributed by atoms with Crippen LogP contribution in [0.5, 0.6) is 5.88 Å². The highest BCUT2D eigenvalue weighted by molar-refractivity contribution is 5.94. The van der Waals surface area contributed by atoms with Crippen molar-refractivity contribution in [3.05, 3.63) is 46.9 Å². The molecular formula is C16H16FN5O2. The molecule has 0 unspecified atom stereocenters. The Hall–Kier alpha value is -3.03. The van der Waals surface area contributed by atoms with Crippen LogP contribution < -0.4 is 10.1 Å². The minimum Gasteiger partial charge on any atom is -0.479 e. The molecule has 0 spiro atoms. The van der Waals surface area contributed by atoms with E-state index in [9.17, 15) is 9.18 Å². The molecule has 0 aliphatic rings. The highest BCUT2D eigenvalue weighted by Gasteiger charge is 2.14. The van der Waals surface area contributed by atoms with E-state index in [1.165, 1.54) is 13.3 Å². The maximum Gasteiger partial charge on any atom is 0.253 e. The summed E-state index contributed by atoms with van der Waals surface area (Å²) in [5.74, 6) is -1.25. The molecule has 0 atom stereocenters. The Kier molecular flexibility index (Phi) is 4.37. The van der Waals surface area contributed by atoms with Crippen LogP contribution >= 0.6 is 0 Å². The molecule has 7 nitrogen and oxygen atoms in total. The number of H-pyrrole nitrogens is 1. The standard InChI is InChI=1S/C16H16FN5O2/c1-3-9-4-5-13-14(21-22-20-13)11(9)8-18-15(23)10-6-12(17)16(24-2)19-7-10/h4-7H,3,8H2,1-2H3,(H,18,23)(H,20,21,22). The second kappa shape index (κ2) is 6.61. The Bertz CT molecular complexity index is 893. The van der Waals surface area contributed by atoms with Crippen molar-refractivity contribution >= 4 is 16.9 Å². The molecule has 2 heterocycles. The number of rotatable bonds is 5. The lowest BCUT2D eigenvalue weighted by Crippen LogP contribution is -2.24. The number of aromatic amines is 1. The SMILES string of the molecule is CCc1ccc2[nH]nnc2c1CNC(=O)c1cnc(OC)c(F)c1. The van der Waals surface area contributed by atoms with Gasteiger partial charge >= 0.3 is 0 Å². The van der Waals surface area contributed by atoms with Gasteiger partial charge in [-0.05, 0) is 24.1 Å². The monoisotopic (exact) mass is 329 g/mol. The van der Waals surface area contributed by atoms with Crippen molar-refractivity contribution in [2.75, 3.05) is 7.11 Å². The first-order chi connectivity index (χ1) is 11.6. The summed E-state index contributed by atoms with van der Waals surface area (Å²) in [7, 11) is 1.32. The lowest BCUT2D eigenvalue weighted by molar-refractivity contribution is 0.0950. The van der Waals surface area contributed by atoms with Crippen LogP contribution in [0.1, 0.15) is 28.4 Å². The van der Waals surface area contributed by atoms with E-state index >= 15 is 0 Å². The molecule has 1 aromatic carbocycles. The number of carbonyl (C=O) groups excluding carboxylic acids is 1. The van der Waals surface area contributed by atoms with E-state index in [0.29, 0.717) is 5.52 Å². The lowest BCUT2D eigenvalue weighted by Gasteiger charge is -2.10. The smallest absolute Gasteiger partial charge is 0.253 e. The fraction of sp³-hybridized carbons (Fsp3) is 0.250. The zero-order chi connectivity index (χ0) is 17.1. The largest absolute Gasteiger partial charge is 0.479 e. The van der Waals surface area contributed by atoms with Gasteiger partial charge < -0.3 is 10.1 Å². The second-order valence-electron chi connectivity index (χ2n) is 5.16. The van der Waals surface area contributed by atoms with Crippen LogP contribution in [-0.2, 0) is 13.0 Å². The van der Waals surface area contributed by atoms with Gasteiger partial charge in [0.15, 0.2) is 5.82 Å². The van der Waals surface area contributed by atoms with Crippen LogP contribution in [0.2, 0.25) is 0 Å². The van der Waals surface area contributed by atoms with Crippen molar-refractivity contribution in [1.29, 1.82) is 0 Å². The van der Waals surface area contributed by atoms with E-state index in [1.54, 1.807) is 0 Å². The van der Waals surface area contributed by atoms with Crippen LogP contribution in [-0.4, -0.2) is 33.4 Å². The summed E-state index contributed by atoms with van der Waals surface area (Å²) in [5, 5.41) is 13.4. The number of fused-ring (bicyclic) bond motifs is 1. The van der Waals surface area contributed by atoms with Crippen LogP contribution in [0.25, 0.3) is 11.0 Å². The molecule has 0 aliphatic carbocycles. The molecule has 0 aliphatic heterocycles. The van der Waals surface area contributed by atoms with Gasteiger partial charge in [0.1, 0.15) is 5.52 Å². The van der Waals surface area contributed by atoms with Crippen molar-refractivity contribution in [2.45, 2.75) is 19.9 Å². The molecule has 8 heteroatoms. The zero-order valence-corrected chi connectivity index (χ0v) is 13.3. The summed E-state index contributed by atoms with van der Waals surface area (Å²) in [5.41, 5.74) is 3.59. The van der Waals surface area contributed by atoms with E-state index in [-0.39, 0.29) is 18.0 Å². The summed E-state index contributed by atoms with van der Waals surface area (Å²) in [6, 6.07) is 4.97. The first-order valence-electron chi connectivity index (χ1n) is 7.43. The van der Waals surface area contributed by atoms with Crippen LogP contribution in [0.15, 0.2) is 24.4 Å². The van der Waals surface area contributed by atoms with Gasteiger partial charge in [0.05, 0.1) is 18.2 Å². The Morgan fingerprint density at radius 2 is 2.25 bits per heavy atom. The molecule has 124 valence electrons. The van der Waals surface area contributed by atoms with Gasteiger partial charge in [-0.1, -0.05) is 18.2 Å². The number of benzene rings is 1. The third kappa shape index (κ3) is 2.90. The minimum atomic E-state index is -0.682. The first-order valence-corrected chi connectivity index (χ1v) is 7.43. The predicted molar refractivity (Wildman–Crippen MR) is 85.2 cm³/mol. The van der Waals surface area contributed by atoms with Gasteiger partial charge in [-0.15, -0.1) is 5.10 Å². The van der Waals surface area contributed by atoms with E-state index in [0.717, 1.165) is 29.1 Å². The first kappa shape index (κ1) is 15.9. The molecule has 0 saturated heterocycles. The number of nitrogens with zero attached hydrogens (tertiary/aromatic N) is 3. The number of amides is 1. The fourth-order valence-corrected chi connectivity index (χ4v) is 2.51. The van der Waals surface area contributed by atoms with E-state index in [2.05, 4.69) is 25.7 Å². The Morgan fingerprint density at radius 3 is 2.96 bits per heavy atom. The van der Waals surface area contributed by atoms with Crippen molar-refractivity contribution in [2.24, 2.45) is 0 Å². The molecule has 3 rings (SSSR count). The average Bonchev–Trinajstić information content (AvgIpc) is 3.08. The third-order valence-corrected chi connectivity index (χ3v) is 3.77. The van der Waals surface area contributed by atoms with Gasteiger partial charge in [-0.25, -0.2) is 9.37 Å². The molecule has 0 saturated carbocycles. The number of hydrogen-bond donors (Lipinski definition) is 2. The minimum absolute atomic E-state index is 0.124. The highest BCUT2D eigenvalue weighted by atomic mass is 19.1. The predicted octanol–water partition coefficient (Wildman–Crippen LogP) is 1.99. The van der Waals surface area contributed by atoms with Crippen molar-refractivity contribution in [3.8, 4) is 5.88 Å². The lowest BCUT2D eigenvalue weighted by atomic mass is 10.0. The topological polar surface area (TPSA) is 92.8 Å². The Balaban J connectivity index is 1.82. The highest BCUT2D eigenvalue weighted by Crippen LogP contribution is 2.20. The molecule has 24 heavy (non-hydrogen) atoms. The molecule has 0 fully saturated rings. The maximum absolute atomic E-state index is 13.7. The van der Waals surface area contributed by atoms with Gasteiger partial charge in [0.25, 0.3) is 5.91 Å². The molecule has 2 aromatic heterocycles. The number of hydrogen-bond acceptors (Lipinski definition) is 5. The summed E-state index contributed by atoms with van der Waals surface area (Å²) in [6.45, 7) is 2.29.